The van der Waals surface area contributed by atoms with E-state index in [4.69, 9.17) is 10.3 Å². The molecule has 226 valence electrons. The van der Waals surface area contributed by atoms with Crippen molar-refractivity contribution in [1.82, 2.24) is 20.3 Å². The molecule has 0 atom stereocenters. The van der Waals surface area contributed by atoms with Crippen molar-refractivity contribution in [2.45, 2.75) is 36.2 Å². The molecule has 0 aliphatic rings. The fourth-order valence-corrected chi connectivity index (χ4v) is 5.52. The number of rotatable bonds is 12. The molecule has 15 nitrogen and oxygen atoms in total. The van der Waals surface area contributed by atoms with Crippen molar-refractivity contribution in [3.05, 3.63) is 82.0 Å². The number of amides is 1. The van der Waals surface area contributed by atoms with Gasteiger partial charge in [0.15, 0.2) is 5.13 Å². The first-order chi connectivity index (χ1) is 20.2. The summed E-state index contributed by atoms with van der Waals surface area (Å²) in [4.78, 5) is 37.1. The number of nitrogens with one attached hydrogen (secondary N) is 3. The Labute approximate surface area is 250 Å². The highest BCUT2D eigenvalue weighted by molar-refractivity contribution is 7.89. The Hall–Kier alpha value is -4.49. The summed E-state index contributed by atoms with van der Waals surface area (Å²) >= 11 is 0.903. The third-order valence-corrected chi connectivity index (χ3v) is 8.72. The molecule has 4 rings (SSSR count). The Bertz CT molecular complexity index is 1880. The first-order valence-corrected chi connectivity index (χ1v) is 16.2. The number of primary sulfonamides is 2. The zero-order valence-corrected chi connectivity index (χ0v) is 24.9. The van der Waals surface area contributed by atoms with Gasteiger partial charge < -0.3 is 15.7 Å². The maximum Gasteiger partial charge on any atom is 0.347 e. The summed E-state index contributed by atoms with van der Waals surface area (Å²) in [6.07, 6.45) is -0.151. The Morgan fingerprint density at radius 2 is 1.42 bits per heavy atom. The highest BCUT2D eigenvalue weighted by Gasteiger charge is 2.16. The molecule has 2 aromatic heterocycles. The average molecular weight is 647 g/mol. The summed E-state index contributed by atoms with van der Waals surface area (Å²) in [5.41, 5.74) is 2.00. The smallest absolute Gasteiger partial charge is 0.347 e. The van der Waals surface area contributed by atoms with Crippen LogP contribution in [0, 0.1) is 6.92 Å². The normalized spacial score (nSPS) is 11.6. The van der Waals surface area contributed by atoms with Crippen molar-refractivity contribution in [1.29, 1.82) is 0 Å². The van der Waals surface area contributed by atoms with Crippen molar-refractivity contribution in [2.75, 3.05) is 10.6 Å². The summed E-state index contributed by atoms with van der Waals surface area (Å²) in [6, 6.07) is 13.2. The highest BCUT2D eigenvalue weighted by Crippen LogP contribution is 2.25. The first-order valence-electron chi connectivity index (χ1n) is 12.3. The van der Waals surface area contributed by atoms with Crippen LogP contribution >= 0.6 is 11.3 Å². The number of aryl methyl sites for hydroxylation is 1. The molecule has 2 heterocycles. The van der Waals surface area contributed by atoms with E-state index in [1.165, 1.54) is 36.4 Å². The van der Waals surface area contributed by atoms with Gasteiger partial charge in [-0.05, 0) is 42.3 Å². The molecule has 0 saturated carbocycles. The van der Waals surface area contributed by atoms with Gasteiger partial charge in [0.25, 0.3) is 0 Å². The van der Waals surface area contributed by atoms with Gasteiger partial charge in [-0.1, -0.05) is 35.6 Å². The number of thiazole rings is 1. The molecule has 0 aliphatic carbocycles. The third-order valence-electron chi connectivity index (χ3n) is 5.80. The van der Waals surface area contributed by atoms with Crippen LogP contribution in [-0.2, 0) is 44.4 Å². The summed E-state index contributed by atoms with van der Waals surface area (Å²) in [7, 11) is -7.67. The molecule has 0 bridgehead atoms. The minimum atomic E-state index is -3.83. The van der Waals surface area contributed by atoms with Gasteiger partial charge in [-0.15, -0.1) is 0 Å². The third kappa shape index (κ3) is 8.75. The minimum absolute atomic E-state index is 0.0297. The van der Waals surface area contributed by atoms with Gasteiger partial charge in [-0.25, -0.2) is 41.9 Å². The van der Waals surface area contributed by atoms with E-state index in [0.29, 0.717) is 22.8 Å². The molecular formula is C25H26N8O7S3. The molecule has 0 radical (unpaired) electrons. The maximum absolute atomic E-state index is 12.7. The van der Waals surface area contributed by atoms with Gasteiger partial charge in [0.1, 0.15) is 10.7 Å². The molecule has 18 heteroatoms. The van der Waals surface area contributed by atoms with Gasteiger partial charge in [0.05, 0.1) is 27.6 Å². The molecular weight excluding hydrogens is 621 g/mol. The van der Waals surface area contributed by atoms with Gasteiger partial charge in [0.2, 0.25) is 31.9 Å². The van der Waals surface area contributed by atoms with E-state index in [0.717, 1.165) is 16.9 Å². The number of aromatic carboxylic acids is 1. The number of hydrogen-bond donors (Lipinski definition) is 6. The summed E-state index contributed by atoms with van der Waals surface area (Å²) in [5, 5.41) is 28.6. The van der Waals surface area contributed by atoms with Crippen molar-refractivity contribution in [2.24, 2.45) is 10.3 Å². The Kier molecular flexibility index (Phi) is 9.36. The molecule has 4 aromatic rings. The molecule has 0 aliphatic heterocycles. The molecule has 1 amide bonds. The van der Waals surface area contributed by atoms with Crippen LogP contribution in [0.2, 0.25) is 0 Å². The van der Waals surface area contributed by atoms with Crippen LogP contribution in [0.5, 0.6) is 0 Å². The van der Waals surface area contributed by atoms with E-state index >= 15 is 0 Å². The lowest BCUT2D eigenvalue weighted by Gasteiger charge is -2.11. The van der Waals surface area contributed by atoms with Gasteiger partial charge >= 0.3 is 5.97 Å². The monoisotopic (exact) mass is 646 g/mol. The topological polar surface area (TPSA) is 249 Å². The van der Waals surface area contributed by atoms with E-state index in [1.807, 2.05) is 0 Å². The number of nitrogens with zero attached hydrogens (tertiary/aromatic N) is 3. The number of aromatic nitrogens is 3. The van der Waals surface area contributed by atoms with Crippen LogP contribution in [0.4, 0.5) is 16.9 Å². The van der Waals surface area contributed by atoms with E-state index in [1.54, 1.807) is 25.1 Å². The second-order valence-electron chi connectivity index (χ2n) is 9.12. The van der Waals surface area contributed by atoms with Crippen LogP contribution in [0.15, 0.2) is 64.4 Å². The number of hydrogen-bond acceptors (Lipinski definition) is 12. The van der Waals surface area contributed by atoms with Gasteiger partial charge in [-0.2, -0.15) is 4.98 Å². The number of sulfonamides is 2. The molecule has 43 heavy (non-hydrogen) atoms. The summed E-state index contributed by atoms with van der Waals surface area (Å²) < 4.78 is 45.9. The zero-order chi connectivity index (χ0) is 31.4. The SMILES string of the molecule is Cc1nc(Nc2nc(CC(=O)NCc3ccc(S(N)(=O)=O)cc3)cc(NCc3ccc(S(N)(=O)=O)cc3)n2)sc1C(=O)O. The second-order valence-corrected chi connectivity index (χ2v) is 13.2. The van der Waals surface area contributed by atoms with Gasteiger partial charge in [-0.3, -0.25) is 10.1 Å². The predicted octanol–water partition coefficient (Wildman–Crippen LogP) is 1.45. The number of benzene rings is 2. The molecule has 0 saturated heterocycles. The molecule has 8 N–H and O–H groups in total. The number of carboxylic acid groups (broad SMARTS) is 1. The molecule has 0 fully saturated rings. The molecule has 2 aromatic carbocycles. The van der Waals surface area contributed by atoms with E-state index < -0.39 is 26.0 Å². The van der Waals surface area contributed by atoms with Crippen molar-refractivity contribution in [3.8, 4) is 0 Å². The van der Waals surface area contributed by atoms with E-state index in [2.05, 4.69) is 30.9 Å². The first kappa shape index (κ1) is 31.4. The van der Waals surface area contributed by atoms with Crippen LogP contribution in [0.3, 0.4) is 0 Å². The molecule has 0 unspecified atom stereocenters. The fourth-order valence-electron chi connectivity index (χ4n) is 3.69. The minimum Gasteiger partial charge on any atom is -0.477 e. The Balaban J connectivity index is 1.50. The quantitative estimate of drug-likeness (QED) is 0.128. The van der Waals surface area contributed by atoms with E-state index in [9.17, 15) is 31.5 Å². The standard InChI is InChI=1S/C25H26N8O7S3/c1-14-22(23(35)36)41-25(30-14)33-24-31-17(11-21(34)29-13-16-4-8-19(9-5-16)43(27,39)40)10-20(32-24)28-12-15-2-6-18(7-3-15)42(26,37)38/h2-10H,11-13H2,1H3,(H,29,34)(H,35,36)(H2,26,37,38)(H2,27,39,40)(H2,28,30,31,32,33). The lowest BCUT2D eigenvalue weighted by atomic mass is 10.2. The lowest BCUT2D eigenvalue weighted by molar-refractivity contribution is -0.120. The Morgan fingerprint density at radius 1 is 0.860 bits per heavy atom. The lowest BCUT2D eigenvalue weighted by Crippen LogP contribution is -2.25. The predicted molar refractivity (Wildman–Crippen MR) is 158 cm³/mol. The van der Waals surface area contributed by atoms with Crippen molar-refractivity contribution >= 4 is 60.2 Å². The average Bonchev–Trinajstić information content (AvgIpc) is 3.30. The second kappa shape index (κ2) is 12.8. The number of nitrogens with two attached hydrogens (primary N) is 2. The number of carboxylic acids is 1. The van der Waals surface area contributed by atoms with Crippen LogP contribution < -0.4 is 26.2 Å². The fraction of sp³-hybridized carbons (Fsp3) is 0.160. The summed E-state index contributed by atoms with van der Waals surface area (Å²) in [6.45, 7) is 1.92. The molecule has 0 spiro atoms. The van der Waals surface area contributed by atoms with E-state index in [-0.39, 0.29) is 51.2 Å². The Morgan fingerprint density at radius 3 is 1.93 bits per heavy atom. The largest absolute Gasteiger partial charge is 0.477 e. The van der Waals surface area contributed by atoms with Crippen LogP contribution in [0.1, 0.15) is 32.2 Å². The van der Waals surface area contributed by atoms with Gasteiger partial charge in [0, 0.05) is 19.2 Å². The zero-order valence-electron chi connectivity index (χ0n) is 22.4. The maximum atomic E-state index is 12.7. The number of carbonyl (C=O) groups is 2. The van der Waals surface area contributed by atoms with Crippen molar-refractivity contribution in [3.63, 3.8) is 0 Å². The highest BCUT2D eigenvalue weighted by atomic mass is 32.2. The van der Waals surface area contributed by atoms with Crippen molar-refractivity contribution < 1.29 is 31.5 Å². The van der Waals surface area contributed by atoms with Crippen LogP contribution in [-0.4, -0.2) is 48.8 Å². The number of anilines is 3. The summed E-state index contributed by atoms with van der Waals surface area (Å²) in [5.74, 6) is -1.13. The number of carbonyl (C=O) groups excluding carboxylic acids is 1. The van der Waals surface area contributed by atoms with Crippen LogP contribution in [0.25, 0.3) is 0 Å².